The first-order chi connectivity index (χ1) is 12.5. The van der Waals surface area contributed by atoms with Crippen molar-refractivity contribution >= 4 is 5.97 Å². The average Bonchev–Trinajstić information content (AvgIpc) is 3.13. The molecule has 1 aromatic carbocycles. The van der Waals surface area contributed by atoms with Gasteiger partial charge in [0.15, 0.2) is 0 Å². The fraction of sp³-hybridized carbons (Fsp3) is 0.571. The summed E-state index contributed by atoms with van der Waals surface area (Å²) in [6.07, 6.45) is 3.01. The second-order valence-corrected chi connectivity index (χ2v) is 8.71. The zero-order valence-electron chi connectivity index (χ0n) is 14.5. The number of aromatic hydroxyl groups is 2. The van der Waals surface area contributed by atoms with Crippen LogP contribution in [0.5, 0.6) is 11.5 Å². The first-order valence-electron chi connectivity index (χ1n) is 9.58. The van der Waals surface area contributed by atoms with Crippen LogP contribution in [0, 0.1) is 29.1 Å². The number of carbonyl (C=O) groups is 1. The number of benzene rings is 1. The summed E-state index contributed by atoms with van der Waals surface area (Å²) in [7, 11) is 0. The Bertz CT molecular complexity index is 860. The van der Waals surface area contributed by atoms with Gasteiger partial charge in [-0.05, 0) is 55.2 Å². The summed E-state index contributed by atoms with van der Waals surface area (Å²) in [6, 6.07) is 3.01. The van der Waals surface area contributed by atoms with Crippen molar-refractivity contribution in [3.63, 3.8) is 0 Å². The summed E-state index contributed by atoms with van der Waals surface area (Å²) in [5.74, 6) is 0.727. The minimum Gasteiger partial charge on any atom is -0.508 e. The molecule has 5 heteroatoms. The minimum absolute atomic E-state index is 0.00912. The van der Waals surface area contributed by atoms with Crippen molar-refractivity contribution in [2.45, 2.75) is 37.9 Å². The predicted octanol–water partition coefficient (Wildman–Crippen LogP) is 3.38. The van der Waals surface area contributed by atoms with Crippen molar-refractivity contribution < 1.29 is 24.5 Å². The van der Waals surface area contributed by atoms with Crippen LogP contribution in [0.1, 0.15) is 49.0 Å². The van der Waals surface area contributed by atoms with Gasteiger partial charge in [0.2, 0.25) is 0 Å². The van der Waals surface area contributed by atoms with Crippen molar-refractivity contribution in [2.75, 3.05) is 6.61 Å². The van der Waals surface area contributed by atoms with Gasteiger partial charge in [-0.1, -0.05) is 6.58 Å². The van der Waals surface area contributed by atoms with Gasteiger partial charge in [0, 0.05) is 22.5 Å². The van der Waals surface area contributed by atoms with E-state index < -0.39 is 6.10 Å². The van der Waals surface area contributed by atoms with Gasteiger partial charge in [0.1, 0.15) is 17.6 Å². The lowest BCUT2D eigenvalue weighted by Gasteiger charge is -2.54. The van der Waals surface area contributed by atoms with Crippen LogP contribution in [0.2, 0.25) is 0 Å². The topological polar surface area (TPSA) is 76.0 Å². The first-order valence-corrected chi connectivity index (χ1v) is 9.58. The quantitative estimate of drug-likeness (QED) is 0.424. The largest absolute Gasteiger partial charge is 0.508 e. The molecule has 1 spiro atoms. The van der Waals surface area contributed by atoms with Gasteiger partial charge < -0.3 is 19.7 Å². The molecule has 2 N–H and O–H groups in total. The van der Waals surface area contributed by atoms with Gasteiger partial charge in [-0.2, -0.15) is 0 Å². The molecule has 26 heavy (non-hydrogen) atoms. The highest BCUT2D eigenvalue weighted by atomic mass is 16.6. The number of hydrogen-bond acceptors (Lipinski definition) is 5. The van der Waals surface area contributed by atoms with E-state index in [1.54, 1.807) is 0 Å². The first kappa shape index (κ1) is 15.1. The van der Waals surface area contributed by atoms with Crippen molar-refractivity contribution in [2.24, 2.45) is 29.1 Å². The molecule has 136 valence electrons. The average molecular weight is 354 g/mol. The molecule has 5 aliphatic rings. The molecule has 6 rings (SSSR count). The maximum atomic E-state index is 12.7. The number of esters is 1. The number of phenols is 2. The molecule has 2 saturated heterocycles. The fourth-order valence-corrected chi connectivity index (χ4v) is 7.23. The molecular formula is C21H22O5. The molecule has 0 radical (unpaired) electrons. The summed E-state index contributed by atoms with van der Waals surface area (Å²) < 4.78 is 12.2. The molecule has 1 aromatic rings. The van der Waals surface area contributed by atoms with E-state index in [4.69, 9.17) is 9.47 Å². The Morgan fingerprint density at radius 3 is 2.65 bits per heavy atom. The third-order valence-electron chi connectivity index (χ3n) is 8.01. The lowest BCUT2D eigenvalue weighted by atomic mass is 9.49. The summed E-state index contributed by atoms with van der Waals surface area (Å²) in [5, 5.41) is 21.3. The van der Waals surface area contributed by atoms with Crippen LogP contribution >= 0.6 is 0 Å². The molecule has 3 aliphatic carbocycles. The maximum Gasteiger partial charge on any atom is 0.310 e. The molecule has 7 atom stereocenters. The molecule has 2 aliphatic heterocycles. The summed E-state index contributed by atoms with van der Waals surface area (Å²) in [4.78, 5) is 12.7. The molecular weight excluding hydrogens is 332 g/mol. The summed E-state index contributed by atoms with van der Waals surface area (Å²) in [6.45, 7) is 4.76. The lowest BCUT2D eigenvalue weighted by Crippen LogP contribution is -2.51. The number of rotatable bonds is 0. The third-order valence-corrected chi connectivity index (χ3v) is 8.01. The Kier molecular flexibility index (Phi) is 2.69. The standard InChI is InChI=1S/C21H22O5/c1-9-8-25-19-16-14(23)5-4-13(22)15(16)18-17-11(20(24)26-18)2-3-12-10(9)6-7-21(12,17)19/h4-5,10-12,17-19,22-23H,1-3,6-8H2/t10-,11-,12+,17-,18-,19-,21-/m1/s1. The van der Waals surface area contributed by atoms with E-state index >= 15 is 0 Å². The van der Waals surface area contributed by atoms with E-state index in [1.807, 2.05) is 0 Å². The van der Waals surface area contributed by atoms with Crippen molar-refractivity contribution in [1.29, 1.82) is 0 Å². The van der Waals surface area contributed by atoms with Crippen LogP contribution in [0.25, 0.3) is 0 Å². The zero-order valence-corrected chi connectivity index (χ0v) is 14.5. The number of ether oxygens (including phenoxy) is 2. The zero-order chi connectivity index (χ0) is 17.8. The van der Waals surface area contributed by atoms with Crippen LogP contribution in [-0.2, 0) is 14.3 Å². The SMILES string of the molecule is C=C1CO[C@@H]2c3c(O)ccc(O)c3[C@H]3OC(=O)[C@@H]4CC[C@H]5[C@@H]1CC[C@@]25[C@@H]34. The van der Waals surface area contributed by atoms with Crippen LogP contribution in [-0.4, -0.2) is 22.8 Å². The molecule has 0 amide bonds. The molecule has 0 unspecified atom stereocenters. The Morgan fingerprint density at radius 2 is 1.85 bits per heavy atom. The summed E-state index contributed by atoms with van der Waals surface area (Å²) in [5.41, 5.74) is 2.09. The van der Waals surface area contributed by atoms with E-state index in [-0.39, 0.29) is 40.8 Å². The third kappa shape index (κ3) is 1.48. The Morgan fingerprint density at radius 1 is 1.08 bits per heavy atom. The monoisotopic (exact) mass is 354 g/mol. The molecule has 4 fully saturated rings. The number of hydrogen-bond donors (Lipinski definition) is 2. The van der Waals surface area contributed by atoms with Crippen LogP contribution < -0.4 is 0 Å². The molecule has 0 aromatic heterocycles. The second-order valence-electron chi connectivity index (χ2n) is 8.71. The van der Waals surface area contributed by atoms with E-state index in [2.05, 4.69) is 6.58 Å². The Hall–Kier alpha value is -2.01. The molecule has 2 heterocycles. The van der Waals surface area contributed by atoms with Gasteiger partial charge >= 0.3 is 5.97 Å². The second kappa shape index (κ2) is 4.63. The highest BCUT2D eigenvalue weighted by Gasteiger charge is 2.71. The minimum atomic E-state index is -0.484. The Balaban J connectivity index is 1.69. The summed E-state index contributed by atoms with van der Waals surface area (Å²) >= 11 is 0. The van der Waals surface area contributed by atoms with Gasteiger partial charge in [-0.15, -0.1) is 0 Å². The molecule has 2 saturated carbocycles. The van der Waals surface area contributed by atoms with E-state index in [0.717, 1.165) is 31.3 Å². The molecule has 5 nitrogen and oxygen atoms in total. The van der Waals surface area contributed by atoms with Gasteiger partial charge in [0.25, 0.3) is 0 Å². The normalized spacial score (nSPS) is 44.9. The van der Waals surface area contributed by atoms with Crippen molar-refractivity contribution in [3.8, 4) is 11.5 Å². The van der Waals surface area contributed by atoms with Crippen molar-refractivity contribution in [1.82, 2.24) is 0 Å². The highest BCUT2D eigenvalue weighted by molar-refractivity contribution is 5.77. The van der Waals surface area contributed by atoms with Gasteiger partial charge in [-0.25, -0.2) is 0 Å². The van der Waals surface area contributed by atoms with Crippen LogP contribution in [0.15, 0.2) is 24.3 Å². The number of fused-ring (bicyclic) bond motifs is 3. The number of carbonyl (C=O) groups excluding carboxylic acids is 1. The highest BCUT2D eigenvalue weighted by Crippen LogP contribution is 2.75. The van der Waals surface area contributed by atoms with E-state index in [1.165, 1.54) is 12.1 Å². The Labute approximate surface area is 151 Å². The maximum absolute atomic E-state index is 12.7. The lowest BCUT2D eigenvalue weighted by molar-refractivity contribution is -0.145. The van der Waals surface area contributed by atoms with Crippen molar-refractivity contribution in [3.05, 3.63) is 35.4 Å². The van der Waals surface area contributed by atoms with Crippen LogP contribution in [0.4, 0.5) is 0 Å². The van der Waals surface area contributed by atoms with Gasteiger partial charge in [-0.3, -0.25) is 4.79 Å². The predicted molar refractivity (Wildman–Crippen MR) is 91.3 cm³/mol. The van der Waals surface area contributed by atoms with Gasteiger partial charge in [0.05, 0.1) is 18.6 Å². The smallest absolute Gasteiger partial charge is 0.310 e. The fourth-order valence-electron chi connectivity index (χ4n) is 7.23. The van der Waals surface area contributed by atoms with E-state index in [9.17, 15) is 15.0 Å². The number of phenolic OH excluding ortho intramolecular Hbond substituents is 2. The molecule has 2 bridgehead atoms. The van der Waals surface area contributed by atoms with E-state index in [0.29, 0.717) is 29.6 Å². The van der Waals surface area contributed by atoms with Crippen LogP contribution in [0.3, 0.4) is 0 Å².